The minimum atomic E-state index is -0.734. The van der Waals surface area contributed by atoms with E-state index in [4.69, 9.17) is 28.6 Å². The van der Waals surface area contributed by atoms with Crippen LogP contribution < -0.4 is 10.2 Å². The number of hydrogen-bond acceptors (Lipinski definition) is 7. The smallest absolute Gasteiger partial charge is 0.338 e. The molecule has 0 bridgehead atoms. The quantitative estimate of drug-likeness (QED) is 0.343. The summed E-state index contributed by atoms with van der Waals surface area (Å²) < 4.78 is 5.00. The van der Waals surface area contributed by atoms with Gasteiger partial charge in [0.1, 0.15) is 6.04 Å². The van der Waals surface area contributed by atoms with Gasteiger partial charge in [0.15, 0.2) is 5.11 Å². The second kappa shape index (κ2) is 13.3. The van der Waals surface area contributed by atoms with Crippen LogP contribution in [-0.4, -0.2) is 96.6 Å². The average molecular weight is 572 g/mol. The van der Waals surface area contributed by atoms with Gasteiger partial charge in [-0.1, -0.05) is 17.7 Å². The van der Waals surface area contributed by atoms with E-state index in [0.717, 1.165) is 39.1 Å². The second-order valence-electron chi connectivity index (χ2n) is 9.69. The minimum absolute atomic E-state index is 0.0653. The highest BCUT2D eigenvalue weighted by molar-refractivity contribution is 7.80. The fourth-order valence-corrected chi connectivity index (χ4v) is 5.37. The Labute approximate surface area is 239 Å². The number of thiocarbonyl (C=S) groups is 1. The van der Waals surface area contributed by atoms with Crippen molar-refractivity contribution in [2.45, 2.75) is 25.8 Å². The molecule has 2 aromatic rings. The van der Waals surface area contributed by atoms with Crippen molar-refractivity contribution in [3.63, 3.8) is 0 Å². The van der Waals surface area contributed by atoms with E-state index in [1.165, 1.54) is 4.90 Å². The van der Waals surface area contributed by atoms with Crippen LogP contribution in [0, 0.1) is 0 Å². The van der Waals surface area contributed by atoms with Crippen LogP contribution in [0.1, 0.15) is 30.1 Å². The van der Waals surface area contributed by atoms with E-state index in [2.05, 4.69) is 22.2 Å². The molecule has 1 atom stereocenters. The Bertz CT molecular complexity index is 1200. The first-order valence-electron chi connectivity index (χ1n) is 13.1. The molecule has 208 valence electrons. The summed E-state index contributed by atoms with van der Waals surface area (Å²) in [4.78, 5) is 46.6. The number of hydrogen-bond donors (Lipinski definition) is 1. The van der Waals surface area contributed by atoms with Crippen molar-refractivity contribution in [2.24, 2.45) is 0 Å². The van der Waals surface area contributed by atoms with Gasteiger partial charge >= 0.3 is 5.97 Å². The lowest BCUT2D eigenvalue weighted by atomic mass is 10.1. The van der Waals surface area contributed by atoms with Crippen molar-refractivity contribution in [1.82, 2.24) is 14.7 Å². The van der Waals surface area contributed by atoms with Crippen molar-refractivity contribution in [1.29, 1.82) is 0 Å². The molecule has 11 heteroatoms. The standard InChI is InChI=1S/C28H34ClN5O4S/c1-3-38-27(37)20-8-10-22(11-9-20)30-25(35)19-24-26(36)34(23-7-4-6-21(29)18-23)28(39)33(24)13-5-12-32-16-14-31(2)15-17-32/h4,6-11,18,24H,3,5,12-17,19H2,1-2H3,(H,30,35). The maximum Gasteiger partial charge on any atom is 0.338 e. The van der Waals surface area contributed by atoms with E-state index in [1.54, 1.807) is 55.5 Å². The third-order valence-electron chi connectivity index (χ3n) is 6.91. The molecule has 9 nitrogen and oxygen atoms in total. The Kier molecular flexibility index (Phi) is 9.90. The molecule has 2 saturated heterocycles. The Morgan fingerprint density at radius 3 is 2.46 bits per heavy atom. The zero-order valence-corrected chi connectivity index (χ0v) is 23.8. The highest BCUT2D eigenvalue weighted by atomic mass is 35.5. The fraction of sp³-hybridized carbons (Fsp3) is 0.429. The number of nitrogens with one attached hydrogen (secondary N) is 1. The number of halogens is 1. The number of nitrogens with zero attached hydrogens (tertiary/aromatic N) is 4. The zero-order valence-electron chi connectivity index (χ0n) is 22.3. The first kappa shape index (κ1) is 28.9. The highest BCUT2D eigenvalue weighted by Crippen LogP contribution is 2.29. The van der Waals surface area contributed by atoms with Crippen LogP contribution in [0.25, 0.3) is 0 Å². The number of carbonyl (C=O) groups excluding carboxylic acids is 3. The van der Waals surface area contributed by atoms with E-state index in [1.807, 2.05) is 4.90 Å². The number of amides is 2. The average Bonchev–Trinajstić information content (AvgIpc) is 3.14. The normalized spacial score (nSPS) is 18.5. The molecule has 0 saturated carbocycles. The number of rotatable bonds is 10. The molecule has 2 amide bonds. The van der Waals surface area contributed by atoms with Gasteiger partial charge < -0.3 is 24.8 Å². The number of piperazine rings is 1. The molecule has 0 aromatic heterocycles. The molecule has 39 heavy (non-hydrogen) atoms. The molecule has 2 fully saturated rings. The number of ether oxygens (including phenoxy) is 1. The monoisotopic (exact) mass is 571 g/mol. The van der Waals surface area contributed by atoms with Crippen LogP contribution in [0.2, 0.25) is 5.02 Å². The van der Waals surface area contributed by atoms with Crippen molar-refractivity contribution >= 4 is 58.1 Å². The van der Waals surface area contributed by atoms with E-state index < -0.39 is 12.0 Å². The maximum absolute atomic E-state index is 13.6. The summed E-state index contributed by atoms with van der Waals surface area (Å²) in [6.45, 7) is 7.56. The molecular weight excluding hydrogens is 538 g/mol. The number of benzene rings is 2. The topological polar surface area (TPSA) is 85.4 Å². The lowest BCUT2D eigenvalue weighted by molar-refractivity contribution is -0.124. The minimum Gasteiger partial charge on any atom is -0.462 e. The third kappa shape index (κ3) is 7.33. The molecule has 2 aliphatic rings. The van der Waals surface area contributed by atoms with E-state index >= 15 is 0 Å². The summed E-state index contributed by atoms with van der Waals surface area (Å²) in [5.74, 6) is -1.000. The number of anilines is 2. The van der Waals surface area contributed by atoms with Crippen LogP contribution >= 0.6 is 23.8 Å². The molecule has 4 rings (SSSR count). The van der Waals surface area contributed by atoms with Crippen molar-refractivity contribution in [3.05, 3.63) is 59.1 Å². The fourth-order valence-electron chi connectivity index (χ4n) is 4.77. The van der Waals surface area contributed by atoms with Gasteiger partial charge in [-0.05, 0) is 81.6 Å². The van der Waals surface area contributed by atoms with Gasteiger partial charge in [0, 0.05) is 43.4 Å². The molecule has 0 spiro atoms. The van der Waals surface area contributed by atoms with Crippen LogP contribution in [0.15, 0.2) is 48.5 Å². The third-order valence-corrected chi connectivity index (χ3v) is 7.57. The van der Waals surface area contributed by atoms with Gasteiger partial charge in [-0.3, -0.25) is 14.5 Å². The van der Waals surface area contributed by atoms with Crippen molar-refractivity contribution in [2.75, 3.05) is 63.1 Å². The van der Waals surface area contributed by atoms with Gasteiger partial charge in [-0.15, -0.1) is 0 Å². The Hall–Kier alpha value is -3.05. The number of carbonyl (C=O) groups is 3. The Morgan fingerprint density at radius 1 is 1.08 bits per heavy atom. The number of likely N-dealkylation sites (N-methyl/N-ethyl adjacent to an activating group) is 1. The van der Waals surface area contributed by atoms with Crippen LogP contribution in [0.4, 0.5) is 11.4 Å². The molecule has 1 N–H and O–H groups in total. The van der Waals surface area contributed by atoms with Gasteiger partial charge in [0.2, 0.25) is 5.91 Å². The molecule has 1 unspecified atom stereocenters. The summed E-state index contributed by atoms with van der Waals surface area (Å²) in [6, 6.07) is 12.7. The second-order valence-corrected chi connectivity index (χ2v) is 10.5. The van der Waals surface area contributed by atoms with E-state index in [-0.39, 0.29) is 24.8 Å². The lowest BCUT2D eigenvalue weighted by Crippen LogP contribution is -2.45. The highest BCUT2D eigenvalue weighted by Gasteiger charge is 2.44. The SMILES string of the molecule is CCOC(=O)c1ccc(NC(=O)CC2C(=O)N(c3cccc(Cl)c3)C(=S)N2CCCN2CCN(C)CC2)cc1. The van der Waals surface area contributed by atoms with Gasteiger partial charge in [-0.2, -0.15) is 0 Å². The molecule has 2 heterocycles. The largest absolute Gasteiger partial charge is 0.462 e. The first-order chi connectivity index (χ1) is 18.8. The predicted molar refractivity (Wildman–Crippen MR) is 156 cm³/mol. The van der Waals surface area contributed by atoms with Gasteiger partial charge in [-0.25, -0.2) is 4.79 Å². The van der Waals surface area contributed by atoms with Crippen molar-refractivity contribution < 1.29 is 19.1 Å². The molecule has 0 radical (unpaired) electrons. The van der Waals surface area contributed by atoms with E-state index in [0.29, 0.717) is 33.6 Å². The summed E-state index contributed by atoms with van der Waals surface area (Å²) in [6.07, 6.45) is 0.748. The summed E-state index contributed by atoms with van der Waals surface area (Å²) in [5.41, 5.74) is 1.50. The van der Waals surface area contributed by atoms with Gasteiger partial charge in [0.05, 0.1) is 24.3 Å². The first-order valence-corrected chi connectivity index (χ1v) is 13.9. The maximum atomic E-state index is 13.6. The Morgan fingerprint density at radius 2 is 1.79 bits per heavy atom. The predicted octanol–water partition coefficient (Wildman–Crippen LogP) is 3.49. The Balaban J connectivity index is 1.44. The summed E-state index contributed by atoms with van der Waals surface area (Å²) in [7, 11) is 2.13. The summed E-state index contributed by atoms with van der Waals surface area (Å²) >= 11 is 12.0. The number of esters is 1. The molecular formula is C28H34ClN5O4S. The van der Waals surface area contributed by atoms with Crippen LogP contribution in [0.5, 0.6) is 0 Å². The van der Waals surface area contributed by atoms with Crippen LogP contribution in [-0.2, 0) is 14.3 Å². The molecule has 2 aliphatic heterocycles. The molecule has 0 aliphatic carbocycles. The zero-order chi connectivity index (χ0) is 27.9. The van der Waals surface area contributed by atoms with Crippen LogP contribution in [0.3, 0.4) is 0 Å². The van der Waals surface area contributed by atoms with E-state index in [9.17, 15) is 14.4 Å². The summed E-state index contributed by atoms with van der Waals surface area (Å²) in [5, 5.41) is 3.70. The molecule has 2 aromatic carbocycles. The van der Waals surface area contributed by atoms with Gasteiger partial charge in [0.25, 0.3) is 5.91 Å². The lowest BCUT2D eigenvalue weighted by Gasteiger charge is -2.33. The van der Waals surface area contributed by atoms with Crippen molar-refractivity contribution in [3.8, 4) is 0 Å².